The van der Waals surface area contributed by atoms with Gasteiger partial charge in [-0.25, -0.2) is 4.79 Å². The van der Waals surface area contributed by atoms with E-state index in [4.69, 9.17) is 23.2 Å². The number of halogens is 2. The van der Waals surface area contributed by atoms with Crippen LogP contribution in [0, 0.1) is 5.92 Å². The molecule has 3 rings (SSSR count). The Hall–Kier alpha value is -1.46. The van der Waals surface area contributed by atoms with Gasteiger partial charge >= 0.3 is 6.03 Å². The van der Waals surface area contributed by atoms with E-state index in [0.29, 0.717) is 29.6 Å². The van der Waals surface area contributed by atoms with Crippen molar-refractivity contribution in [3.05, 3.63) is 33.8 Å². The first-order chi connectivity index (χ1) is 12.9. The minimum atomic E-state index is -0.0317. The van der Waals surface area contributed by atoms with Gasteiger partial charge in [-0.05, 0) is 56.7 Å². The molecular weight excluding hydrogens is 385 g/mol. The summed E-state index contributed by atoms with van der Waals surface area (Å²) in [5.74, 6) is 0.0385. The third-order valence-electron chi connectivity index (χ3n) is 5.44. The molecule has 1 unspecified atom stereocenters. The van der Waals surface area contributed by atoms with E-state index in [1.807, 2.05) is 28.9 Å². The highest BCUT2D eigenvalue weighted by atomic mass is 35.5. The van der Waals surface area contributed by atoms with Gasteiger partial charge in [-0.3, -0.25) is 4.79 Å². The third kappa shape index (κ3) is 5.29. The summed E-state index contributed by atoms with van der Waals surface area (Å²) in [6.45, 7) is 5.03. The summed E-state index contributed by atoms with van der Waals surface area (Å²) in [4.78, 5) is 28.9. The van der Waals surface area contributed by atoms with Crippen molar-refractivity contribution >= 4 is 35.1 Å². The summed E-state index contributed by atoms with van der Waals surface area (Å²) >= 11 is 12.1. The largest absolute Gasteiger partial charge is 0.353 e. The molecule has 0 saturated carbocycles. The topological polar surface area (TPSA) is 52.7 Å². The zero-order valence-electron chi connectivity index (χ0n) is 15.7. The molecule has 3 amide bonds. The molecule has 1 aromatic carbocycles. The lowest BCUT2D eigenvalue weighted by Crippen LogP contribution is -2.48. The van der Waals surface area contributed by atoms with Gasteiger partial charge in [-0.2, -0.15) is 0 Å². The molecule has 0 radical (unpaired) electrons. The quantitative estimate of drug-likeness (QED) is 0.814. The van der Waals surface area contributed by atoms with Crippen molar-refractivity contribution in [1.82, 2.24) is 15.1 Å². The summed E-state index contributed by atoms with van der Waals surface area (Å²) in [5, 5.41) is 4.32. The number of nitrogens with one attached hydrogen (secondary N) is 1. The van der Waals surface area contributed by atoms with Gasteiger partial charge in [0, 0.05) is 48.2 Å². The Bertz CT molecular complexity index is 684. The first-order valence-electron chi connectivity index (χ1n) is 9.72. The Morgan fingerprint density at radius 3 is 2.37 bits per heavy atom. The van der Waals surface area contributed by atoms with Gasteiger partial charge in [0.25, 0.3) is 0 Å². The van der Waals surface area contributed by atoms with Gasteiger partial charge in [0.2, 0.25) is 5.91 Å². The number of piperidine rings is 1. The minimum Gasteiger partial charge on any atom is -0.353 e. The Kier molecular flexibility index (Phi) is 6.88. The van der Waals surface area contributed by atoms with E-state index in [1.54, 1.807) is 6.07 Å². The zero-order chi connectivity index (χ0) is 19.4. The van der Waals surface area contributed by atoms with Crippen LogP contribution in [0.25, 0.3) is 0 Å². The number of likely N-dealkylation sites (tertiary alicyclic amines) is 2. The summed E-state index contributed by atoms with van der Waals surface area (Å²) in [7, 11) is 0. The lowest BCUT2D eigenvalue weighted by molar-refractivity contribution is -0.126. The molecule has 0 spiro atoms. The molecule has 5 nitrogen and oxygen atoms in total. The first-order valence-corrected chi connectivity index (χ1v) is 10.5. The number of carbonyl (C=O) groups is 2. The van der Waals surface area contributed by atoms with E-state index in [2.05, 4.69) is 5.32 Å². The van der Waals surface area contributed by atoms with Crippen LogP contribution in [0.1, 0.15) is 38.2 Å². The Morgan fingerprint density at radius 2 is 1.74 bits per heavy atom. The lowest BCUT2D eigenvalue weighted by atomic mass is 9.95. The molecule has 1 aromatic rings. The third-order valence-corrected chi connectivity index (χ3v) is 6.03. The molecule has 2 saturated heterocycles. The maximum atomic E-state index is 12.6. The number of nitrogens with zero attached hydrogens (tertiary/aromatic N) is 2. The van der Waals surface area contributed by atoms with Crippen LogP contribution in [0.2, 0.25) is 10.0 Å². The van der Waals surface area contributed by atoms with Crippen molar-refractivity contribution in [2.24, 2.45) is 5.92 Å². The average molecular weight is 412 g/mol. The monoisotopic (exact) mass is 411 g/mol. The Morgan fingerprint density at radius 1 is 1.11 bits per heavy atom. The first kappa shape index (κ1) is 20.3. The number of hydrogen-bond acceptors (Lipinski definition) is 2. The van der Waals surface area contributed by atoms with E-state index >= 15 is 0 Å². The lowest BCUT2D eigenvalue weighted by Gasteiger charge is -2.34. The van der Waals surface area contributed by atoms with E-state index < -0.39 is 0 Å². The van der Waals surface area contributed by atoms with Gasteiger partial charge in [0.15, 0.2) is 0 Å². The van der Waals surface area contributed by atoms with Crippen LogP contribution in [0.3, 0.4) is 0 Å². The number of benzene rings is 1. The fourth-order valence-corrected chi connectivity index (χ4v) is 4.36. The molecule has 2 heterocycles. The van der Waals surface area contributed by atoms with E-state index in [1.165, 1.54) is 0 Å². The van der Waals surface area contributed by atoms with Crippen molar-refractivity contribution in [2.75, 3.05) is 26.2 Å². The Labute approximate surface area is 171 Å². The highest BCUT2D eigenvalue weighted by molar-refractivity contribution is 6.35. The normalized spacial score (nSPS) is 19.2. The molecular formula is C20H27Cl2N3O2. The fraction of sp³-hybridized carbons (Fsp3) is 0.600. The van der Waals surface area contributed by atoms with Crippen LogP contribution >= 0.6 is 23.2 Å². The maximum absolute atomic E-state index is 12.6. The molecule has 2 fully saturated rings. The van der Waals surface area contributed by atoms with E-state index in [-0.39, 0.29) is 23.9 Å². The summed E-state index contributed by atoms with van der Waals surface area (Å²) in [6, 6.07) is 5.55. The molecule has 0 bridgehead atoms. The molecule has 2 aliphatic rings. The number of urea groups is 1. The fourth-order valence-electron chi connectivity index (χ4n) is 3.87. The predicted molar refractivity (Wildman–Crippen MR) is 108 cm³/mol. The van der Waals surface area contributed by atoms with Gasteiger partial charge in [0.1, 0.15) is 0 Å². The summed E-state index contributed by atoms with van der Waals surface area (Å²) < 4.78 is 0. The smallest absolute Gasteiger partial charge is 0.319 e. The molecule has 1 atom stereocenters. The predicted octanol–water partition coefficient (Wildman–Crippen LogP) is 3.97. The molecule has 2 aliphatic heterocycles. The molecule has 0 aromatic heterocycles. The number of amides is 3. The van der Waals surface area contributed by atoms with Gasteiger partial charge in [-0.1, -0.05) is 29.3 Å². The summed E-state index contributed by atoms with van der Waals surface area (Å²) in [5.41, 5.74) is 0.972. The zero-order valence-corrected chi connectivity index (χ0v) is 17.2. The SMILES string of the molecule is CC(Cc1ccc(Cl)cc1Cl)NC(=O)C1CCN(C(=O)N2CCCC2)CC1. The van der Waals surface area contributed by atoms with Gasteiger partial charge in [-0.15, -0.1) is 0 Å². The molecule has 1 N–H and O–H groups in total. The van der Waals surface area contributed by atoms with Gasteiger partial charge < -0.3 is 15.1 Å². The number of hydrogen-bond donors (Lipinski definition) is 1. The second-order valence-electron chi connectivity index (χ2n) is 7.59. The number of rotatable bonds is 4. The van der Waals surface area contributed by atoms with Crippen LogP contribution in [0.4, 0.5) is 4.79 Å². The minimum absolute atomic E-state index is 0.0135. The Balaban J connectivity index is 1.45. The highest BCUT2D eigenvalue weighted by Crippen LogP contribution is 2.23. The van der Waals surface area contributed by atoms with Crippen LogP contribution in [-0.4, -0.2) is 54.0 Å². The maximum Gasteiger partial charge on any atom is 0.319 e. The van der Waals surface area contributed by atoms with Crippen molar-refractivity contribution in [3.63, 3.8) is 0 Å². The van der Waals surface area contributed by atoms with E-state index in [0.717, 1.165) is 44.3 Å². The van der Waals surface area contributed by atoms with Crippen LogP contribution in [0.15, 0.2) is 18.2 Å². The molecule has 0 aliphatic carbocycles. The van der Waals surface area contributed by atoms with Crippen molar-refractivity contribution in [3.8, 4) is 0 Å². The summed E-state index contributed by atoms with van der Waals surface area (Å²) in [6.07, 6.45) is 4.30. The van der Waals surface area contributed by atoms with Crippen molar-refractivity contribution in [2.45, 2.75) is 45.1 Å². The molecule has 27 heavy (non-hydrogen) atoms. The molecule has 148 valence electrons. The second kappa shape index (κ2) is 9.16. The van der Waals surface area contributed by atoms with Crippen molar-refractivity contribution < 1.29 is 9.59 Å². The van der Waals surface area contributed by atoms with E-state index in [9.17, 15) is 9.59 Å². The number of carbonyl (C=O) groups excluding carboxylic acids is 2. The van der Waals surface area contributed by atoms with Crippen LogP contribution in [0.5, 0.6) is 0 Å². The van der Waals surface area contributed by atoms with Crippen LogP contribution < -0.4 is 5.32 Å². The second-order valence-corrected chi connectivity index (χ2v) is 8.43. The highest BCUT2D eigenvalue weighted by Gasteiger charge is 2.30. The standard InChI is InChI=1S/C20H27Cl2N3O2/c1-14(12-16-4-5-17(21)13-18(16)22)23-19(26)15-6-10-25(11-7-15)20(27)24-8-2-3-9-24/h4-5,13-15H,2-3,6-12H2,1H3,(H,23,26). The average Bonchev–Trinajstić information content (AvgIpc) is 3.18. The van der Waals surface area contributed by atoms with Crippen molar-refractivity contribution in [1.29, 1.82) is 0 Å². The van der Waals surface area contributed by atoms with Gasteiger partial charge in [0.05, 0.1) is 0 Å². The molecule has 7 heteroatoms. The van der Waals surface area contributed by atoms with Crippen LogP contribution in [-0.2, 0) is 11.2 Å².